The average Bonchev–Trinajstić information content (AvgIpc) is 2.60. The number of hydrogen-bond acceptors (Lipinski definition) is 4. The first-order valence-electron chi connectivity index (χ1n) is 3.86. The number of ether oxygens (including phenoxy) is 1. The zero-order valence-electron chi connectivity index (χ0n) is 7.92. The molecule has 0 aliphatic rings. The molecule has 0 radical (unpaired) electrons. The summed E-state index contributed by atoms with van der Waals surface area (Å²) in [6, 6.07) is 0.594. The van der Waals surface area contributed by atoms with E-state index >= 15 is 0 Å². The van der Waals surface area contributed by atoms with Crippen LogP contribution in [-0.2, 0) is 10.9 Å². The van der Waals surface area contributed by atoms with E-state index in [-0.39, 0.29) is 0 Å². The lowest BCUT2D eigenvalue weighted by Crippen LogP contribution is -2.11. The number of methoxy groups -OCH3 is 1. The predicted octanol–water partition coefficient (Wildman–Crippen LogP) is 1.18. The summed E-state index contributed by atoms with van der Waals surface area (Å²) >= 11 is 0. The number of carbonyl (C=O) groups excluding carboxylic acids is 2. The molecule has 1 heterocycles. The van der Waals surface area contributed by atoms with E-state index < -0.39 is 35.1 Å². The third-order valence-electron chi connectivity index (χ3n) is 1.64. The summed E-state index contributed by atoms with van der Waals surface area (Å²) in [5.74, 6) is -4.83. The Hall–Kier alpha value is -1.99. The van der Waals surface area contributed by atoms with Gasteiger partial charge >= 0.3 is 12.1 Å². The average molecular weight is 237 g/mol. The zero-order valence-corrected chi connectivity index (χ0v) is 7.92. The molecule has 0 aliphatic carbocycles. The number of alkyl halides is 3. The maximum absolute atomic E-state index is 12.4. The third kappa shape index (κ3) is 2.15. The van der Waals surface area contributed by atoms with Crippen LogP contribution in [-0.4, -0.2) is 19.0 Å². The largest absolute Gasteiger partial charge is 0.465 e. The maximum Gasteiger partial charge on any atom is 0.450 e. The number of primary amides is 1. The molecule has 0 atom stereocenters. The number of halogens is 3. The topological polar surface area (TPSA) is 82.5 Å². The Bertz CT molecular complexity index is 435. The van der Waals surface area contributed by atoms with Gasteiger partial charge in [0, 0.05) is 6.07 Å². The van der Waals surface area contributed by atoms with E-state index in [4.69, 9.17) is 5.73 Å². The van der Waals surface area contributed by atoms with E-state index in [0.29, 0.717) is 6.07 Å². The van der Waals surface area contributed by atoms with E-state index in [1.54, 1.807) is 0 Å². The van der Waals surface area contributed by atoms with Crippen molar-refractivity contribution >= 4 is 11.9 Å². The molecule has 5 nitrogen and oxygen atoms in total. The quantitative estimate of drug-likeness (QED) is 0.783. The first-order chi connectivity index (χ1) is 7.27. The van der Waals surface area contributed by atoms with Gasteiger partial charge in [0.15, 0.2) is 5.76 Å². The first kappa shape index (κ1) is 12.1. The van der Waals surface area contributed by atoms with Crippen LogP contribution in [0.5, 0.6) is 0 Å². The van der Waals surface area contributed by atoms with Crippen LogP contribution in [0.3, 0.4) is 0 Å². The molecular formula is C8H6F3NO4. The first-order valence-corrected chi connectivity index (χ1v) is 3.86. The van der Waals surface area contributed by atoms with Crippen LogP contribution in [0.15, 0.2) is 10.5 Å². The third-order valence-corrected chi connectivity index (χ3v) is 1.64. The fraction of sp³-hybridized carbons (Fsp3) is 0.250. The van der Waals surface area contributed by atoms with Gasteiger partial charge in [-0.05, 0) is 0 Å². The van der Waals surface area contributed by atoms with Crippen LogP contribution in [0.4, 0.5) is 13.2 Å². The van der Waals surface area contributed by atoms with Gasteiger partial charge in [-0.25, -0.2) is 4.79 Å². The summed E-state index contributed by atoms with van der Waals surface area (Å²) in [6.07, 6.45) is -4.91. The van der Waals surface area contributed by atoms with Crippen molar-refractivity contribution < 1.29 is 31.9 Å². The van der Waals surface area contributed by atoms with E-state index in [1.165, 1.54) is 0 Å². The van der Waals surface area contributed by atoms with Crippen LogP contribution in [0.2, 0.25) is 0 Å². The summed E-state index contributed by atoms with van der Waals surface area (Å²) in [5, 5.41) is 0. The molecule has 0 aromatic carbocycles. The number of furan rings is 1. The lowest BCUT2D eigenvalue weighted by Gasteiger charge is -2.04. The highest BCUT2D eigenvalue weighted by Crippen LogP contribution is 2.34. The number of carbonyl (C=O) groups is 2. The second kappa shape index (κ2) is 3.87. The van der Waals surface area contributed by atoms with Crippen molar-refractivity contribution in [3.8, 4) is 0 Å². The zero-order chi connectivity index (χ0) is 12.5. The molecule has 88 valence electrons. The number of nitrogens with two attached hydrogens (primary N) is 1. The van der Waals surface area contributed by atoms with Gasteiger partial charge in [-0.15, -0.1) is 0 Å². The second-order valence-corrected chi connectivity index (χ2v) is 2.71. The Morgan fingerprint density at radius 3 is 2.38 bits per heavy atom. The van der Waals surface area contributed by atoms with Gasteiger partial charge in [0.2, 0.25) is 5.76 Å². The number of esters is 1. The molecule has 1 amide bonds. The van der Waals surface area contributed by atoms with Crippen LogP contribution in [0, 0.1) is 0 Å². The molecule has 1 aromatic rings. The Morgan fingerprint density at radius 2 is 2.00 bits per heavy atom. The molecule has 1 rings (SSSR count). The van der Waals surface area contributed by atoms with E-state index in [2.05, 4.69) is 9.15 Å². The van der Waals surface area contributed by atoms with Crippen LogP contribution >= 0.6 is 0 Å². The summed E-state index contributed by atoms with van der Waals surface area (Å²) in [6.45, 7) is 0. The molecular weight excluding hydrogens is 231 g/mol. The Morgan fingerprint density at radius 1 is 1.44 bits per heavy atom. The lowest BCUT2D eigenvalue weighted by molar-refractivity contribution is -0.153. The van der Waals surface area contributed by atoms with Crippen molar-refractivity contribution in [1.82, 2.24) is 0 Å². The van der Waals surface area contributed by atoms with Crippen molar-refractivity contribution in [3.05, 3.63) is 23.2 Å². The van der Waals surface area contributed by atoms with Gasteiger partial charge in [0.1, 0.15) is 5.56 Å². The summed E-state index contributed by atoms with van der Waals surface area (Å²) in [4.78, 5) is 21.6. The highest BCUT2D eigenvalue weighted by molar-refractivity contribution is 5.96. The monoisotopic (exact) mass is 237 g/mol. The molecule has 0 unspecified atom stereocenters. The fourth-order valence-corrected chi connectivity index (χ4v) is 0.985. The van der Waals surface area contributed by atoms with Gasteiger partial charge in [0.05, 0.1) is 7.11 Å². The van der Waals surface area contributed by atoms with Gasteiger partial charge in [0.25, 0.3) is 5.91 Å². The minimum Gasteiger partial charge on any atom is -0.465 e. The van der Waals surface area contributed by atoms with E-state index in [9.17, 15) is 22.8 Å². The predicted molar refractivity (Wildman–Crippen MR) is 43.6 cm³/mol. The fourth-order valence-electron chi connectivity index (χ4n) is 0.985. The van der Waals surface area contributed by atoms with Crippen LogP contribution in [0.25, 0.3) is 0 Å². The maximum atomic E-state index is 12.4. The minimum atomic E-state index is -4.91. The van der Waals surface area contributed by atoms with E-state index in [0.717, 1.165) is 7.11 Å². The molecule has 0 bridgehead atoms. The van der Waals surface area contributed by atoms with Crippen molar-refractivity contribution in [1.29, 1.82) is 0 Å². The summed E-state index contributed by atoms with van der Waals surface area (Å²) in [7, 11) is 0.902. The van der Waals surface area contributed by atoms with Crippen molar-refractivity contribution in [2.45, 2.75) is 6.18 Å². The van der Waals surface area contributed by atoms with Crippen molar-refractivity contribution in [3.63, 3.8) is 0 Å². The Balaban J connectivity index is 3.34. The molecule has 8 heteroatoms. The van der Waals surface area contributed by atoms with Crippen LogP contribution in [0.1, 0.15) is 26.7 Å². The lowest BCUT2D eigenvalue weighted by atomic mass is 10.2. The normalized spacial score (nSPS) is 11.2. The van der Waals surface area contributed by atoms with Gasteiger partial charge < -0.3 is 14.9 Å². The molecule has 16 heavy (non-hydrogen) atoms. The van der Waals surface area contributed by atoms with E-state index in [1.807, 2.05) is 0 Å². The molecule has 2 N–H and O–H groups in total. The molecule has 0 fully saturated rings. The number of hydrogen-bond donors (Lipinski definition) is 1. The summed E-state index contributed by atoms with van der Waals surface area (Å²) in [5.41, 5.74) is 3.84. The number of amides is 1. The van der Waals surface area contributed by atoms with Crippen molar-refractivity contribution in [2.75, 3.05) is 7.11 Å². The van der Waals surface area contributed by atoms with Crippen molar-refractivity contribution in [2.24, 2.45) is 5.73 Å². The summed E-state index contributed by atoms with van der Waals surface area (Å²) < 4.78 is 45.4. The molecule has 0 spiro atoms. The standard InChI is InChI=1S/C8H6F3NO4/c1-15-7(14)3-2-4(6(12)13)16-5(3)8(9,10)11/h2H,1H3,(H2,12,13). The highest BCUT2D eigenvalue weighted by Gasteiger charge is 2.41. The highest BCUT2D eigenvalue weighted by atomic mass is 19.4. The van der Waals surface area contributed by atoms with Gasteiger partial charge in [-0.3, -0.25) is 4.79 Å². The Labute approximate surface area is 87.0 Å². The molecule has 0 saturated heterocycles. The number of rotatable bonds is 2. The molecule has 0 saturated carbocycles. The van der Waals surface area contributed by atoms with Gasteiger partial charge in [-0.1, -0.05) is 0 Å². The smallest absolute Gasteiger partial charge is 0.450 e. The molecule has 1 aromatic heterocycles. The molecule has 0 aliphatic heterocycles. The second-order valence-electron chi connectivity index (χ2n) is 2.71. The Kier molecular flexibility index (Phi) is 2.92. The minimum absolute atomic E-state index is 0.594. The van der Waals surface area contributed by atoms with Crippen LogP contribution < -0.4 is 5.73 Å². The SMILES string of the molecule is COC(=O)c1cc(C(N)=O)oc1C(F)(F)F. The van der Waals surface area contributed by atoms with Gasteiger partial charge in [-0.2, -0.15) is 13.2 Å².